The van der Waals surface area contributed by atoms with Crippen LogP contribution in [-0.4, -0.2) is 74.2 Å². The molecule has 9 heteroatoms. The number of nitrogens with zero attached hydrogens (tertiary/aromatic N) is 3. The highest BCUT2D eigenvalue weighted by Crippen LogP contribution is 2.26. The van der Waals surface area contributed by atoms with Crippen LogP contribution < -0.4 is 0 Å². The van der Waals surface area contributed by atoms with E-state index in [2.05, 4.69) is 11.8 Å². The maximum Gasteiger partial charge on any atom is 0.227 e. The average Bonchev–Trinajstić information content (AvgIpc) is 2.70. The van der Waals surface area contributed by atoms with Gasteiger partial charge in [0.25, 0.3) is 0 Å². The molecule has 0 aliphatic carbocycles. The van der Waals surface area contributed by atoms with Crippen LogP contribution in [0.4, 0.5) is 0 Å². The summed E-state index contributed by atoms with van der Waals surface area (Å²) >= 11 is 11.9. The number of sulfonamides is 1. The van der Waals surface area contributed by atoms with Crippen molar-refractivity contribution in [3.63, 3.8) is 0 Å². The van der Waals surface area contributed by atoms with E-state index in [-0.39, 0.29) is 24.1 Å². The largest absolute Gasteiger partial charge is 0.340 e. The van der Waals surface area contributed by atoms with Crippen LogP contribution in [0.5, 0.6) is 0 Å². The Bertz CT molecular complexity index is 811. The Labute approximate surface area is 177 Å². The maximum absolute atomic E-state index is 12.9. The molecule has 2 saturated heterocycles. The zero-order valence-corrected chi connectivity index (χ0v) is 18.4. The summed E-state index contributed by atoms with van der Waals surface area (Å²) in [6.45, 7) is 7.04. The summed E-state index contributed by atoms with van der Waals surface area (Å²) in [6.07, 6.45) is 1.44. The Hall–Kier alpha value is -0.860. The van der Waals surface area contributed by atoms with E-state index in [9.17, 15) is 13.2 Å². The third kappa shape index (κ3) is 5.19. The molecule has 1 aromatic rings. The van der Waals surface area contributed by atoms with Crippen LogP contribution in [0, 0.1) is 5.92 Å². The fourth-order valence-corrected chi connectivity index (χ4v) is 5.79. The molecule has 0 saturated carbocycles. The van der Waals surface area contributed by atoms with Gasteiger partial charge in [-0.05, 0) is 37.1 Å². The lowest BCUT2D eigenvalue weighted by molar-refractivity contribution is -0.138. The maximum atomic E-state index is 12.9. The van der Waals surface area contributed by atoms with Crippen molar-refractivity contribution in [2.45, 2.75) is 25.5 Å². The molecule has 0 bridgehead atoms. The fraction of sp³-hybridized carbons (Fsp3) is 0.632. The summed E-state index contributed by atoms with van der Waals surface area (Å²) in [4.78, 5) is 17.1. The van der Waals surface area contributed by atoms with Gasteiger partial charge in [0.15, 0.2) is 0 Å². The number of piperidine rings is 1. The van der Waals surface area contributed by atoms with E-state index in [1.165, 1.54) is 4.31 Å². The second-order valence-electron chi connectivity index (χ2n) is 7.46. The number of hydrogen-bond donors (Lipinski definition) is 0. The second kappa shape index (κ2) is 9.30. The SMILES string of the molecule is CCN1CCN(C(=O)C2CCCN(S(=O)(=O)Cc3ccc(Cl)c(Cl)c3)C2)CC1. The molecule has 0 aromatic heterocycles. The fourth-order valence-electron chi connectivity index (χ4n) is 3.87. The Balaban J connectivity index is 1.63. The molecule has 0 spiro atoms. The van der Waals surface area contributed by atoms with Crippen molar-refractivity contribution in [1.29, 1.82) is 0 Å². The van der Waals surface area contributed by atoms with E-state index in [0.29, 0.717) is 28.6 Å². The Kier molecular flexibility index (Phi) is 7.26. The molecule has 1 aromatic carbocycles. The molecule has 28 heavy (non-hydrogen) atoms. The molecular formula is C19H27Cl2N3O3S. The Morgan fingerprint density at radius 2 is 1.82 bits per heavy atom. The number of carbonyl (C=O) groups is 1. The number of piperazine rings is 1. The van der Waals surface area contributed by atoms with Gasteiger partial charge in [-0.1, -0.05) is 36.2 Å². The van der Waals surface area contributed by atoms with Crippen LogP contribution in [0.1, 0.15) is 25.3 Å². The molecular weight excluding hydrogens is 421 g/mol. The topological polar surface area (TPSA) is 60.9 Å². The highest BCUT2D eigenvalue weighted by atomic mass is 35.5. The van der Waals surface area contributed by atoms with E-state index >= 15 is 0 Å². The monoisotopic (exact) mass is 447 g/mol. The molecule has 1 atom stereocenters. The minimum Gasteiger partial charge on any atom is -0.340 e. The molecule has 2 aliphatic rings. The molecule has 156 valence electrons. The minimum absolute atomic E-state index is 0.0881. The van der Waals surface area contributed by atoms with Crippen molar-refractivity contribution in [2.24, 2.45) is 5.92 Å². The molecule has 1 amide bonds. The average molecular weight is 448 g/mol. The lowest BCUT2D eigenvalue weighted by atomic mass is 9.98. The summed E-state index contributed by atoms with van der Waals surface area (Å²) in [5, 5.41) is 0.738. The van der Waals surface area contributed by atoms with Gasteiger partial charge in [-0.3, -0.25) is 4.79 Å². The Morgan fingerprint density at radius 1 is 1.11 bits per heavy atom. The third-order valence-electron chi connectivity index (χ3n) is 5.59. The van der Waals surface area contributed by atoms with E-state index in [0.717, 1.165) is 39.1 Å². The van der Waals surface area contributed by atoms with Gasteiger partial charge >= 0.3 is 0 Å². The summed E-state index contributed by atoms with van der Waals surface area (Å²) in [7, 11) is -3.52. The number of benzene rings is 1. The molecule has 6 nitrogen and oxygen atoms in total. The van der Waals surface area contributed by atoms with E-state index in [1.54, 1.807) is 18.2 Å². The number of carbonyl (C=O) groups excluding carboxylic acids is 1. The second-order valence-corrected chi connectivity index (χ2v) is 10.2. The number of amides is 1. The quantitative estimate of drug-likeness (QED) is 0.695. The predicted octanol–water partition coefficient (Wildman–Crippen LogP) is 2.70. The van der Waals surface area contributed by atoms with Crippen molar-refractivity contribution in [1.82, 2.24) is 14.1 Å². The lowest BCUT2D eigenvalue weighted by Crippen LogP contribution is -2.53. The predicted molar refractivity (Wildman–Crippen MR) is 112 cm³/mol. The Morgan fingerprint density at radius 3 is 2.46 bits per heavy atom. The molecule has 2 fully saturated rings. The summed E-state index contributed by atoms with van der Waals surface area (Å²) < 4.78 is 27.3. The molecule has 0 N–H and O–H groups in total. The molecule has 3 rings (SSSR count). The molecule has 2 aliphatic heterocycles. The van der Waals surface area contributed by atoms with E-state index in [4.69, 9.17) is 23.2 Å². The number of rotatable bonds is 5. The van der Waals surface area contributed by atoms with Crippen LogP contribution in [0.3, 0.4) is 0 Å². The lowest BCUT2D eigenvalue weighted by Gasteiger charge is -2.38. The van der Waals surface area contributed by atoms with Crippen molar-refractivity contribution in [3.05, 3.63) is 33.8 Å². The van der Waals surface area contributed by atoms with Gasteiger partial charge in [0.1, 0.15) is 0 Å². The third-order valence-corrected chi connectivity index (χ3v) is 8.15. The van der Waals surface area contributed by atoms with Gasteiger partial charge in [0.05, 0.1) is 21.7 Å². The highest BCUT2D eigenvalue weighted by Gasteiger charge is 2.35. The highest BCUT2D eigenvalue weighted by molar-refractivity contribution is 7.88. The zero-order chi connectivity index (χ0) is 20.3. The summed E-state index contributed by atoms with van der Waals surface area (Å²) in [5.74, 6) is -0.310. The van der Waals surface area contributed by atoms with Crippen LogP contribution >= 0.6 is 23.2 Å². The van der Waals surface area contributed by atoms with Gasteiger partial charge < -0.3 is 9.80 Å². The summed E-state index contributed by atoms with van der Waals surface area (Å²) in [5.41, 5.74) is 0.596. The van der Waals surface area contributed by atoms with Gasteiger partial charge in [-0.15, -0.1) is 0 Å². The van der Waals surface area contributed by atoms with Gasteiger partial charge in [-0.2, -0.15) is 0 Å². The van der Waals surface area contributed by atoms with Crippen LogP contribution in [0.15, 0.2) is 18.2 Å². The molecule has 2 heterocycles. The first kappa shape index (κ1) is 21.8. The first-order chi connectivity index (χ1) is 13.3. The van der Waals surface area contributed by atoms with Gasteiger partial charge in [0, 0.05) is 39.3 Å². The van der Waals surface area contributed by atoms with Gasteiger partial charge in [-0.25, -0.2) is 12.7 Å². The zero-order valence-electron chi connectivity index (χ0n) is 16.1. The van der Waals surface area contributed by atoms with Crippen LogP contribution in [-0.2, 0) is 20.6 Å². The minimum atomic E-state index is -3.52. The number of halogens is 2. The van der Waals surface area contributed by atoms with E-state index in [1.807, 2.05) is 4.90 Å². The van der Waals surface area contributed by atoms with Crippen molar-refractivity contribution >= 4 is 39.1 Å². The standard InChI is InChI=1S/C19H27Cl2N3O3S/c1-2-22-8-10-23(11-9-22)19(25)16-4-3-7-24(13-16)28(26,27)14-15-5-6-17(20)18(21)12-15/h5-6,12,16H,2-4,7-11,13-14H2,1H3. The number of likely N-dealkylation sites (N-methyl/N-ethyl adjacent to an activating group) is 1. The van der Waals surface area contributed by atoms with E-state index < -0.39 is 10.0 Å². The van der Waals surface area contributed by atoms with Crippen molar-refractivity contribution < 1.29 is 13.2 Å². The van der Waals surface area contributed by atoms with Crippen molar-refractivity contribution in [2.75, 3.05) is 45.8 Å². The number of hydrogen-bond acceptors (Lipinski definition) is 4. The first-order valence-electron chi connectivity index (χ1n) is 9.73. The normalized spacial score (nSPS) is 22.4. The summed E-state index contributed by atoms with van der Waals surface area (Å²) in [6, 6.07) is 4.86. The van der Waals surface area contributed by atoms with Crippen molar-refractivity contribution in [3.8, 4) is 0 Å². The van der Waals surface area contributed by atoms with Crippen LogP contribution in [0.2, 0.25) is 10.0 Å². The first-order valence-corrected chi connectivity index (χ1v) is 12.1. The molecule has 0 radical (unpaired) electrons. The smallest absolute Gasteiger partial charge is 0.227 e. The van der Waals surface area contributed by atoms with Crippen LogP contribution in [0.25, 0.3) is 0 Å². The van der Waals surface area contributed by atoms with Gasteiger partial charge in [0.2, 0.25) is 15.9 Å². The molecule has 1 unspecified atom stereocenters.